The summed E-state index contributed by atoms with van der Waals surface area (Å²) in [7, 11) is 0. The van der Waals surface area contributed by atoms with Crippen molar-refractivity contribution in [3.63, 3.8) is 0 Å². The van der Waals surface area contributed by atoms with Gasteiger partial charge in [0.15, 0.2) is 0 Å². The molecule has 0 spiro atoms. The molecule has 0 saturated heterocycles. The number of hydrogen-bond donors (Lipinski definition) is 2. The highest BCUT2D eigenvalue weighted by molar-refractivity contribution is 6.30. The van der Waals surface area contributed by atoms with Crippen molar-refractivity contribution in [1.82, 2.24) is 5.43 Å². The van der Waals surface area contributed by atoms with E-state index in [4.69, 9.17) is 17.4 Å². The highest BCUT2D eigenvalue weighted by Gasteiger charge is 2.19. The molecule has 2 aromatic rings. The van der Waals surface area contributed by atoms with Crippen molar-refractivity contribution in [3.8, 4) is 0 Å². The molecule has 6 heteroatoms. The molecule has 1 unspecified atom stereocenters. The molecule has 0 fully saturated rings. The Labute approximate surface area is 125 Å². The zero-order chi connectivity index (χ0) is 15.6. The molecule has 2 nitrogen and oxygen atoms in total. The Morgan fingerprint density at radius 2 is 1.81 bits per heavy atom. The lowest BCUT2D eigenvalue weighted by Crippen LogP contribution is -2.30. The number of benzene rings is 2. The smallest absolute Gasteiger partial charge is 0.130 e. The lowest BCUT2D eigenvalue weighted by Gasteiger charge is -2.18. The topological polar surface area (TPSA) is 38.0 Å². The molecule has 3 N–H and O–H groups in total. The summed E-state index contributed by atoms with van der Waals surface area (Å²) in [5.74, 6) is 3.60. The molecule has 21 heavy (non-hydrogen) atoms. The maximum absolute atomic E-state index is 13.9. The molecule has 0 aliphatic heterocycles. The van der Waals surface area contributed by atoms with Gasteiger partial charge in [-0.2, -0.15) is 0 Å². The highest BCUT2D eigenvalue weighted by atomic mass is 35.5. The Kier molecular flexibility index (Phi) is 4.88. The van der Waals surface area contributed by atoms with Gasteiger partial charge in [0.1, 0.15) is 17.5 Å². The summed E-state index contributed by atoms with van der Waals surface area (Å²) in [6.45, 7) is 1.52. The maximum Gasteiger partial charge on any atom is 0.130 e. The van der Waals surface area contributed by atoms with E-state index in [0.717, 1.165) is 6.07 Å². The number of hydrogen-bond acceptors (Lipinski definition) is 2. The van der Waals surface area contributed by atoms with Gasteiger partial charge in [-0.15, -0.1) is 0 Å². The van der Waals surface area contributed by atoms with Crippen LogP contribution in [0, 0.1) is 24.4 Å². The summed E-state index contributed by atoms with van der Waals surface area (Å²) >= 11 is 5.82. The summed E-state index contributed by atoms with van der Waals surface area (Å²) in [4.78, 5) is 0. The van der Waals surface area contributed by atoms with Gasteiger partial charge in [-0.3, -0.25) is 11.3 Å². The summed E-state index contributed by atoms with van der Waals surface area (Å²) in [6.07, 6.45) is 0.0882. The van der Waals surface area contributed by atoms with E-state index in [0.29, 0.717) is 16.1 Å². The molecule has 0 saturated carbocycles. The molecule has 1 atom stereocenters. The number of halogens is 4. The fourth-order valence-corrected chi connectivity index (χ4v) is 2.32. The first-order chi connectivity index (χ1) is 9.92. The molecule has 0 amide bonds. The van der Waals surface area contributed by atoms with Crippen LogP contribution in [0.25, 0.3) is 0 Å². The lowest BCUT2D eigenvalue weighted by atomic mass is 9.97. The van der Waals surface area contributed by atoms with Crippen molar-refractivity contribution in [1.29, 1.82) is 0 Å². The number of nitrogens with one attached hydrogen (secondary N) is 1. The number of aryl methyl sites for hydroxylation is 1. The van der Waals surface area contributed by atoms with Gasteiger partial charge in [0.05, 0.1) is 6.04 Å². The highest BCUT2D eigenvalue weighted by Crippen LogP contribution is 2.25. The van der Waals surface area contributed by atoms with Crippen LogP contribution < -0.4 is 11.3 Å². The van der Waals surface area contributed by atoms with Gasteiger partial charge in [0.25, 0.3) is 0 Å². The minimum atomic E-state index is -0.733. The Hall–Kier alpha value is -1.56. The van der Waals surface area contributed by atoms with E-state index >= 15 is 0 Å². The molecule has 2 rings (SSSR count). The van der Waals surface area contributed by atoms with Crippen LogP contribution in [0.15, 0.2) is 30.3 Å². The van der Waals surface area contributed by atoms with Gasteiger partial charge in [-0.1, -0.05) is 11.6 Å². The Morgan fingerprint density at radius 1 is 1.10 bits per heavy atom. The predicted molar refractivity (Wildman–Crippen MR) is 76.3 cm³/mol. The first-order valence-corrected chi connectivity index (χ1v) is 6.65. The van der Waals surface area contributed by atoms with E-state index < -0.39 is 23.5 Å². The first kappa shape index (κ1) is 15.8. The zero-order valence-electron chi connectivity index (χ0n) is 11.3. The molecule has 0 aliphatic carbocycles. The van der Waals surface area contributed by atoms with Crippen molar-refractivity contribution in [2.45, 2.75) is 19.4 Å². The molecule has 0 aliphatic rings. The third-order valence-electron chi connectivity index (χ3n) is 3.29. The molecule has 0 aromatic heterocycles. The second-order valence-electron chi connectivity index (χ2n) is 4.78. The SMILES string of the molecule is Cc1cc(C(Cc2cc(Cl)ccc2F)NN)c(F)cc1F. The Morgan fingerprint density at radius 3 is 2.48 bits per heavy atom. The minimum absolute atomic E-state index is 0.0882. The average Bonchev–Trinajstić information content (AvgIpc) is 2.44. The van der Waals surface area contributed by atoms with Gasteiger partial charge in [0, 0.05) is 16.7 Å². The molecular weight excluding hydrogens is 301 g/mol. The average molecular weight is 315 g/mol. The van der Waals surface area contributed by atoms with Crippen LogP contribution in [-0.4, -0.2) is 0 Å². The van der Waals surface area contributed by atoms with Crippen molar-refractivity contribution in [2.75, 3.05) is 0 Å². The summed E-state index contributed by atoms with van der Waals surface area (Å²) in [6, 6.07) is 5.57. The van der Waals surface area contributed by atoms with E-state index in [2.05, 4.69) is 5.43 Å². The number of rotatable bonds is 4. The molecule has 0 heterocycles. The van der Waals surface area contributed by atoms with Crippen molar-refractivity contribution in [2.24, 2.45) is 5.84 Å². The van der Waals surface area contributed by atoms with Crippen LogP contribution in [0.5, 0.6) is 0 Å². The third kappa shape index (κ3) is 3.56. The standard InChI is InChI=1S/C15H14ClF3N2/c1-8-4-11(14(19)7-13(8)18)15(21-20)6-9-5-10(16)2-3-12(9)17/h2-5,7,15,21H,6,20H2,1H3. The molecular formula is C15H14ClF3N2. The van der Waals surface area contributed by atoms with Gasteiger partial charge < -0.3 is 0 Å². The van der Waals surface area contributed by atoms with E-state index in [1.807, 2.05) is 0 Å². The monoisotopic (exact) mass is 314 g/mol. The largest absolute Gasteiger partial charge is 0.271 e. The number of nitrogens with two attached hydrogens (primary N) is 1. The molecule has 2 aromatic carbocycles. The fourth-order valence-electron chi connectivity index (χ4n) is 2.12. The van der Waals surface area contributed by atoms with Crippen LogP contribution in [0.4, 0.5) is 13.2 Å². The van der Waals surface area contributed by atoms with Crippen molar-refractivity contribution >= 4 is 11.6 Å². The Balaban J connectivity index is 2.36. The van der Waals surface area contributed by atoms with Gasteiger partial charge in [0.2, 0.25) is 0 Å². The second-order valence-corrected chi connectivity index (χ2v) is 5.22. The van der Waals surface area contributed by atoms with E-state index in [1.165, 1.54) is 31.2 Å². The quantitative estimate of drug-likeness (QED) is 0.665. The predicted octanol–water partition coefficient (Wildman–Crippen LogP) is 3.81. The van der Waals surface area contributed by atoms with Crippen LogP contribution in [-0.2, 0) is 6.42 Å². The van der Waals surface area contributed by atoms with Gasteiger partial charge >= 0.3 is 0 Å². The molecule has 0 bridgehead atoms. The normalized spacial score (nSPS) is 12.5. The first-order valence-electron chi connectivity index (χ1n) is 6.28. The Bertz CT molecular complexity index is 662. The van der Waals surface area contributed by atoms with Gasteiger partial charge in [-0.05, 0) is 48.7 Å². The fraction of sp³-hybridized carbons (Fsp3) is 0.200. The molecule has 0 radical (unpaired) electrons. The van der Waals surface area contributed by atoms with Crippen LogP contribution >= 0.6 is 11.6 Å². The zero-order valence-corrected chi connectivity index (χ0v) is 12.0. The minimum Gasteiger partial charge on any atom is -0.271 e. The lowest BCUT2D eigenvalue weighted by molar-refractivity contribution is 0.491. The van der Waals surface area contributed by atoms with Crippen molar-refractivity contribution < 1.29 is 13.2 Å². The van der Waals surface area contributed by atoms with Crippen molar-refractivity contribution in [3.05, 3.63) is 69.5 Å². The van der Waals surface area contributed by atoms with E-state index in [9.17, 15) is 13.2 Å². The summed E-state index contributed by atoms with van der Waals surface area (Å²) in [5.41, 5.74) is 3.19. The third-order valence-corrected chi connectivity index (χ3v) is 3.52. The summed E-state index contributed by atoms with van der Waals surface area (Å²) < 4.78 is 40.9. The van der Waals surface area contributed by atoms with E-state index in [1.54, 1.807) is 0 Å². The van der Waals surface area contributed by atoms with Crippen LogP contribution in [0.3, 0.4) is 0 Å². The van der Waals surface area contributed by atoms with Gasteiger partial charge in [-0.25, -0.2) is 13.2 Å². The van der Waals surface area contributed by atoms with E-state index in [-0.39, 0.29) is 12.0 Å². The number of hydrazine groups is 1. The maximum atomic E-state index is 13.9. The second kappa shape index (κ2) is 6.47. The van der Waals surface area contributed by atoms with Crippen LogP contribution in [0.2, 0.25) is 5.02 Å². The molecule has 112 valence electrons. The van der Waals surface area contributed by atoms with Crippen LogP contribution in [0.1, 0.15) is 22.7 Å². The summed E-state index contributed by atoms with van der Waals surface area (Å²) in [5, 5.41) is 0.373.